The maximum Gasteiger partial charge on any atom is 0.120 e. The van der Waals surface area contributed by atoms with Crippen LogP contribution in [0, 0.1) is 13.8 Å². The Hall–Kier alpha value is -1.55. The third kappa shape index (κ3) is 2.58. The van der Waals surface area contributed by atoms with E-state index in [1.165, 1.54) is 4.88 Å². The average molecular weight is 248 g/mol. The minimum absolute atomic E-state index is 0.199. The van der Waals surface area contributed by atoms with Crippen LogP contribution in [0.3, 0.4) is 0 Å². The average Bonchev–Trinajstić information content (AvgIpc) is 2.70. The monoisotopic (exact) mass is 248 g/mol. The number of aryl methyl sites for hydroxylation is 2. The summed E-state index contributed by atoms with van der Waals surface area (Å²) in [5.74, 6) is 0.322. The summed E-state index contributed by atoms with van der Waals surface area (Å²) in [5.41, 5.74) is 4.73. The maximum absolute atomic E-state index is 9.65. The summed E-state index contributed by atoms with van der Waals surface area (Å²) in [7, 11) is 0. The lowest BCUT2D eigenvalue weighted by atomic mass is 10.2. The third-order valence-corrected chi connectivity index (χ3v) is 3.88. The number of rotatable bonds is 3. The highest BCUT2D eigenvalue weighted by Gasteiger charge is 2.11. The van der Waals surface area contributed by atoms with E-state index in [4.69, 9.17) is 0 Å². The van der Waals surface area contributed by atoms with Gasteiger partial charge in [-0.3, -0.25) is 0 Å². The van der Waals surface area contributed by atoms with E-state index >= 15 is 0 Å². The van der Waals surface area contributed by atoms with E-state index in [2.05, 4.69) is 17.2 Å². The van der Waals surface area contributed by atoms with Crippen LogP contribution in [0.15, 0.2) is 23.7 Å². The number of benzene rings is 1. The van der Waals surface area contributed by atoms with Gasteiger partial charge in [-0.25, -0.2) is 4.98 Å². The molecule has 3 nitrogen and oxygen atoms in total. The number of phenolic OH excluding ortho intramolecular Hbond substituents is 1. The molecule has 1 aromatic heterocycles. The zero-order valence-electron chi connectivity index (χ0n) is 10.2. The molecule has 0 aliphatic heterocycles. The van der Waals surface area contributed by atoms with E-state index in [0.29, 0.717) is 5.75 Å². The highest BCUT2D eigenvalue weighted by atomic mass is 32.1. The first-order valence-electron chi connectivity index (χ1n) is 5.54. The number of nitrogens with one attached hydrogen (secondary N) is 1. The first-order chi connectivity index (χ1) is 8.08. The van der Waals surface area contributed by atoms with Gasteiger partial charge in [0.05, 0.1) is 17.2 Å². The molecule has 1 atom stereocenters. The van der Waals surface area contributed by atoms with Gasteiger partial charge in [-0.2, -0.15) is 0 Å². The standard InChI is InChI=1S/C13H16N2OS/c1-8-4-5-11(6-12(8)16)15-10(3)13-9(2)14-7-17-13/h4-7,10,15-16H,1-3H3. The molecule has 0 amide bonds. The number of aromatic hydroxyl groups is 1. The fraction of sp³-hybridized carbons (Fsp3) is 0.308. The minimum Gasteiger partial charge on any atom is -0.508 e. The molecule has 1 heterocycles. The van der Waals surface area contributed by atoms with E-state index in [9.17, 15) is 5.11 Å². The maximum atomic E-state index is 9.65. The number of thiazole rings is 1. The summed E-state index contributed by atoms with van der Waals surface area (Å²) >= 11 is 1.65. The lowest BCUT2D eigenvalue weighted by Crippen LogP contribution is -2.06. The molecule has 0 fully saturated rings. The Morgan fingerprint density at radius 1 is 1.35 bits per heavy atom. The SMILES string of the molecule is Cc1ccc(NC(C)c2scnc2C)cc1O. The lowest BCUT2D eigenvalue weighted by molar-refractivity contribution is 0.471. The molecular weight excluding hydrogens is 232 g/mol. The van der Waals surface area contributed by atoms with Crippen LogP contribution in [-0.2, 0) is 0 Å². The number of phenols is 1. The normalized spacial score (nSPS) is 12.4. The predicted octanol–water partition coefficient (Wildman–Crippen LogP) is 3.64. The van der Waals surface area contributed by atoms with Crippen molar-refractivity contribution in [2.75, 3.05) is 5.32 Å². The van der Waals surface area contributed by atoms with Gasteiger partial charge >= 0.3 is 0 Å². The Labute approximate surface area is 105 Å². The molecule has 0 spiro atoms. The van der Waals surface area contributed by atoms with Crippen LogP contribution in [-0.4, -0.2) is 10.1 Å². The highest BCUT2D eigenvalue weighted by molar-refractivity contribution is 7.09. The summed E-state index contributed by atoms with van der Waals surface area (Å²) in [6.07, 6.45) is 0. The smallest absolute Gasteiger partial charge is 0.120 e. The molecule has 4 heteroatoms. The summed E-state index contributed by atoms with van der Waals surface area (Å²) < 4.78 is 0. The molecule has 0 aliphatic rings. The molecule has 0 radical (unpaired) electrons. The highest BCUT2D eigenvalue weighted by Crippen LogP contribution is 2.27. The molecular formula is C13H16N2OS. The van der Waals surface area contributed by atoms with Gasteiger partial charge in [0.25, 0.3) is 0 Å². The molecule has 2 N–H and O–H groups in total. The van der Waals surface area contributed by atoms with E-state index in [1.807, 2.05) is 31.5 Å². The second-order valence-electron chi connectivity index (χ2n) is 4.17. The number of aromatic nitrogens is 1. The lowest BCUT2D eigenvalue weighted by Gasteiger charge is -2.15. The van der Waals surface area contributed by atoms with Crippen molar-refractivity contribution in [2.45, 2.75) is 26.8 Å². The van der Waals surface area contributed by atoms with Crippen LogP contribution in [0.5, 0.6) is 5.75 Å². The number of anilines is 1. The van der Waals surface area contributed by atoms with Gasteiger partial charge in [-0.1, -0.05) is 6.07 Å². The van der Waals surface area contributed by atoms with Crippen molar-refractivity contribution in [3.05, 3.63) is 39.8 Å². The van der Waals surface area contributed by atoms with E-state index < -0.39 is 0 Å². The van der Waals surface area contributed by atoms with Gasteiger partial charge in [-0.15, -0.1) is 11.3 Å². The van der Waals surface area contributed by atoms with Crippen LogP contribution in [0.4, 0.5) is 5.69 Å². The number of hydrogen-bond donors (Lipinski definition) is 2. The Bertz CT molecular complexity index is 522. The topological polar surface area (TPSA) is 45.2 Å². The Kier molecular flexibility index (Phi) is 3.33. The molecule has 2 rings (SSSR count). The second-order valence-corrected chi connectivity index (χ2v) is 5.06. The minimum atomic E-state index is 0.199. The second kappa shape index (κ2) is 4.75. The van der Waals surface area contributed by atoms with Gasteiger partial charge in [0.2, 0.25) is 0 Å². The molecule has 17 heavy (non-hydrogen) atoms. The molecule has 0 aliphatic carbocycles. The fourth-order valence-corrected chi connectivity index (χ4v) is 2.55. The zero-order valence-corrected chi connectivity index (χ0v) is 11.0. The molecule has 1 unspecified atom stereocenters. The number of nitrogens with zero attached hydrogens (tertiary/aromatic N) is 1. The van der Waals surface area contributed by atoms with E-state index in [0.717, 1.165) is 16.9 Å². The number of hydrogen-bond acceptors (Lipinski definition) is 4. The summed E-state index contributed by atoms with van der Waals surface area (Å²) in [6.45, 7) is 5.99. The first-order valence-corrected chi connectivity index (χ1v) is 6.42. The van der Waals surface area contributed by atoms with Crippen LogP contribution in [0.1, 0.15) is 29.1 Å². The van der Waals surface area contributed by atoms with Gasteiger partial charge in [0, 0.05) is 16.6 Å². The van der Waals surface area contributed by atoms with Crippen molar-refractivity contribution in [2.24, 2.45) is 0 Å². The van der Waals surface area contributed by atoms with Gasteiger partial charge in [0.1, 0.15) is 5.75 Å². The summed E-state index contributed by atoms with van der Waals surface area (Å²) in [5, 5.41) is 13.0. The predicted molar refractivity (Wildman–Crippen MR) is 71.7 cm³/mol. The summed E-state index contributed by atoms with van der Waals surface area (Å²) in [6, 6.07) is 5.83. The van der Waals surface area contributed by atoms with Crippen molar-refractivity contribution >= 4 is 17.0 Å². The fourth-order valence-electron chi connectivity index (χ4n) is 1.74. The quantitative estimate of drug-likeness (QED) is 0.871. The Balaban J connectivity index is 2.16. The van der Waals surface area contributed by atoms with E-state index in [1.54, 1.807) is 17.4 Å². The van der Waals surface area contributed by atoms with Gasteiger partial charge in [-0.05, 0) is 32.4 Å². The zero-order chi connectivity index (χ0) is 12.4. The molecule has 1 aromatic carbocycles. The van der Waals surface area contributed by atoms with Crippen molar-refractivity contribution in [3.8, 4) is 5.75 Å². The van der Waals surface area contributed by atoms with Crippen molar-refractivity contribution < 1.29 is 5.11 Å². The largest absolute Gasteiger partial charge is 0.508 e. The summed E-state index contributed by atoms with van der Waals surface area (Å²) in [4.78, 5) is 5.47. The van der Waals surface area contributed by atoms with Crippen LogP contribution >= 0.6 is 11.3 Å². The van der Waals surface area contributed by atoms with Crippen LogP contribution in [0.25, 0.3) is 0 Å². The van der Waals surface area contributed by atoms with E-state index in [-0.39, 0.29) is 6.04 Å². The van der Waals surface area contributed by atoms with Crippen molar-refractivity contribution in [1.82, 2.24) is 4.98 Å². The van der Waals surface area contributed by atoms with Gasteiger partial charge in [0.15, 0.2) is 0 Å². The van der Waals surface area contributed by atoms with Crippen LogP contribution < -0.4 is 5.32 Å². The van der Waals surface area contributed by atoms with Crippen molar-refractivity contribution in [1.29, 1.82) is 0 Å². The molecule has 2 aromatic rings. The molecule has 90 valence electrons. The Morgan fingerprint density at radius 2 is 2.12 bits per heavy atom. The molecule has 0 bridgehead atoms. The van der Waals surface area contributed by atoms with Gasteiger partial charge < -0.3 is 10.4 Å². The third-order valence-electron chi connectivity index (χ3n) is 2.77. The van der Waals surface area contributed by atoms with Crippen LogP contribution in [0.2, 0.25) is 0 Å². The van der Waals surface area contributed by atoms with Crippen molar-refractivity contribution in [3.63, 3.8) is 0 Å². The Morgan fingerprint density at radius 3 is 2.71 bits per heavy atom. The first kappa shape index (κ1) is 11.9. The molecule has 0 saturated heterocycles. The molecule has 0 saturated carbocycles.